The highest BCUT2D eigenvalue weighted by Crippen LogP contribution is 2.16. The van der Waals surface area contributed by atoms with Crippen LogP contribution in [0.3, 0.4) is 0 Å². The van der Waals surface area contributed by atoms with E-state index in [1.807, 2.05) is 49.1 Å². The molecule has 132 valence electrons. The highest BCUT2D eigenvalue weighted by Gasteiger charge is 2.17. The van der Waals surface area contributed by atoms with Gasteiger partial charge in [0.25, 0.3) is 0 Å². The van der Waals surface area contributed by atoms with Crippen LogP contribution in [0.15, 0.2) is 29.8 Å². The summed E-state index contributed by atoms with van der Waals surface area (Å²) in [6.07, 6.45) is 7.85. The van der Waals surface area contributed by atoms with Gasteiger partial charge in [-0.1, -0.05) is 0 Å². The van der Waals surface area contributed by atoms with Crippen molar-refractivity contribution in [2.75, 3.05) is 34.7 Å². The first kappa shape index (κ1) is 18.0. The third-order valence-electron chi connectivity index (χ3n) is 3.94. The second-order valence-electron chi connectivity index (χ2n) is 6.23. The standard InChI is InChI=1S/C16H28N8/c1-17-16(22(4)10-13-7-19-23(5)11-13)18-9-15(21(2)3)14-8-20-24(6)12-14/h7-8,11-12,15H,9-10H2,1-6H3,(H,17,18). The van der Waals surface area contributed by atoms with E-state index in [9.17, 15) is 0 Å². The zero-order valence-corrected chi connectivity index (χ0v) is 15.4. The van der Waals surface area contributed by atoms with Crippen LogP contribution in [0, 0.1) is 0 Å². The van der Waals surface area contributed by atoms with E-state index >= 15 is 0 Å². The first-order valence-electron chi connectivity index (χ1n) is 7.95. The quantitative estimate of drug-likeness (QED) is 0.615. The van der Waals surface area contributed by atoms with Gasteiger partial charge in [0, 0.05) is 64.8 Å². The van der Waals surface area contributed by atoms with Crippen molar-refractivity contribution in [1.82, 2.24) is 34.7 Å². The van der Waals surface area contributed by atoms with Crippen LogP contribution in [0.25, 0.3) is 0 Å². The van der Waals surface area contributed by atoms with Crippen molar-refractivity contribution in [3.63, 3.8) is 0 Å². The minimum atomic E-state index is 0.224. The smallest absolute Gasteiger partial charge is 0.193 e. The topological polar surface area (TPSA) is 66.5 Å². The van der Waals surface area contributed by atoms with Crippen molar-refractivity contribution in [1.29, 1.82) is 0 Å². The number of hydrogen-bond acceptors (Lipinski definition) is 4. The highest BCUT2D eigenvalue weighted by molar-refractivity contribution is 5.79. The number of hydrogen-bond donors (Lipinski definition) is 1. The average Bonchev–Trinajstić information content (AvgIpc) is 3.12. The van der Waals surface area contributed by atoms with Gasteiger partial charge in [0.05, 0.1) is 18.4 Å². The molecule has 8 heteroatoms. The molecule has 0 aliphatic carbocycles. The minimum Gasteiger partial charge on any atom is -0.354 e. The van der Waals surface area contributed by atoms with Crippen LogP contribution in [0.2, 0.25) is 0 Å². The largest absolute Gasteiger partial charge is 0.354 e. The van der Waals surface area contributed by atoms with E-state index in [0.717, 1.165) is 24.6 Å². The normalized spacial score (nSPS) is 13.4. The number of aliphatic imine (C=N–C) groups is 1. The molecule has 0 aromatic carbocycles. The van der Waals surface area contributed by atoms with Crippen LogP contribution in [0.5, 0.6) is 0 Å². The molecule has 0 aliphatic rings. The summed E-state index contributed by atoms with van der Waals surface area (Å²) in [4.78, 5) is 8.66. The van der Waals surface area contributed by atoms with E-state index in [4.69, 9.17) is 0 Å². The molecular formula is C16H28N8. The van der Waals surface area contributed by atoms with E-state index in [1.165, 1.54) is 5.56 Å². The highest BCUT2D eigenvalue weighted by atomic mass is 15.3. The molecule has 0 amide bonds. The molecule has 2 aromatic rings. The van der Waals surface area contributed by atoms with Crippen LogP contribution in [0.1, 0.15) is 17.2 Å². The van der Waals surface area contributed by atoms with Gasteiger partial charge in [0.15, 0.2) is 5.96 Å². The molecule has 0 radical (unpaired) electrons. The number of nitrogens with one attached hydrogen (secondary N) is 1. The lowest BCUT2D eigenvalue weighted by Crippen LogP contribution is -2.42. The van der Waals surface area contributed by atoms with Crippen molar-refractivity contribution < 1.29 is 0 Å². The summed E-state index contributed by atoms with van der Waals surface area (Å²) in [6, 6.07) is 0.224. The van der Waals surface area contributed by atoms with E-state index in [-0.39, 0.29) is 6.04 Å². The Hall–Kier alpha value is -2.35. The minimum absolute atomic E-state index is 0.224. The van der Waals surface area contributed by atoms with E-state index < -0.39 is 0 Å². The number of rotatable bonds is 6. The van der Waals surface area contributed by atoms with Crippen LogP contribution in [-0.4, -0.2) is 70.1 Å². The number of aromatic nitrogens is 4. The maximum Gasteiger partial charge on any atom is 0.193 e. The Kier molecular flexibility index (Phi) is 5.97. The molecule has 0 saturated carbocycles. The van der Waals surface area contributed by atoms with Crippen molar-refractivity contribution in [2.45, 2.75) is 12.6 Å². The SMILES string of the molecule is CN=C(NCC(c1cnn(C)c1)N(C)C)N(C)Cc1cnn(C)c1. The predicted molar refractivity (Wildman–Crippen MR) is 95.7 cm³/mol. The average molecular weight is 332 g/mol. The Bertz CT molecular complexity index is 669. The maximum atomic E-state index is 4.39. The zero-order valence-electron chi connectivity index (χ0n) is 15.4. The summed E-state index contributed by atoms with van der Waals surface area (Å²) in [6.45, 7) is 1.51. The van der Waals surface area contributed by atoms with Gasteiger partial charge in [-0.05, 0) is 14.1 Å². The lowest BCUT2D eigenvalue weighted by Gasteiger charge is -2.27. The molecule has 1 unspecified atom stereocenters. The van der Waals surface area contributed by atoms with Crippen LogP contribution in [0.4, 0.5) is 0 Å². The number of aryl methyl sites for hydroxylation is 2. The molecule has 0 bridgehead atoms. The second-order valence-corrected chi connectivity index (χ2v) is 6.23. The van der Waals surface area contributed by atoms with Crippen LogP contribution < -0.4 is 5.32 Å². The number of likely N-dealkylation sites (N-methyl/N-ethyl adjacent to an activating group) is 1. The van der Waals surface area contributed by atoms with Crippen LogP contribution in [-0.2, 0) is 20.6 Å². The Morgan fingerprint density at radius 1 is 1.17 bits per heavy atom. The van der Waals surface area contributed by atoms with Crippen molar-refractivity contribution in [3.05, 3.63) is 35.9 Å². The summed E-state index contributed by atoms with van der Waals surface area (Å²) in [5.74, 6) is 0.856. The van der Waals surface area contributed by atoms with Gasteiger partial charge >= 0.3 is 0 Å². The summed E-state index contributed by atoms with van der Waals surface area (Å²) >= 11 is 0. The van der Waals surface area contributed by atoms with Crippen molar-refractivity contribution in [3.8, 4) is 0 Å². The second kappa shape index (κ2) is 7.96. The summed E-state index contributed by atoms with van der Waals surface area (Å²) in [5.41, 5.74) is 2.33. The van der Waals surface area contributed by atoms with Crippen molar-refractivity contribution in [2.24, 2.45) is 19.1 Å². The third kappa shape index (κ3) is 4.58. The molecule has 2 rings (SSSR count). The molecule has 8 nitrogen and oxygen atoms in total. The Labute approximate surface area is 143 Å². The molecule has 0 saturated heterocycles. The first-order chi connectivity index (χ1) is 11.4. The molecule has 0 aliphatic heterocycles. The molecule has 2 aromatic heterocycles. The molecule has 1 atom stereocenters. The molecule has 0 fully saturated rings. The number of nitrogens with zero attached hydrogens (tertiary/aromatic N) is 7. The molecule has 0 spiro atoms. The van der Waals surface area contributed by atoms with Gasteiger partial charge in [-0.15, -0.1) is 0 Å². The van der Waals surface area contributed by atoms with Gasteiger partial charge in [-0.25, -0.2) is 0 Å². The van der Waals surface area contributed by atoms with Gasteiger partial charge in [0.2, 0.25) is 0 Å². The fourth-order valence-electron chi connectivity index (χ4n) is 2.69. The maximum absolute atomic E-state index is 4.39. The van der Waals surface area contributed by atoms with E-state index in [0.29, 0.717) is 0 Å². The Balaban J connectivity index is 1.98. The molecular weight excluding hydrogens is 304 g/mol. The fourth-order valence-corrected chi connectivity index (χ4v) is 2.69. The zero-order chi connectivity index (χ0) is 17.7. The van der Waals surface area contributed by atoms with Crippen LogP contribution >= 0.6 is 0 Å². The Morgan fingerprint density at radius 3 is 2.33 bits per heavy atom. The summed E-state index contributed by atoms with van der Waals surface area (Å²) in [5, 5.41) is 11.9. The summed E-state index contributed by atoms with van der Waals surface area (Å²) in [7, 11) is 11.8. The van der Waals surface area contributed by atoms with Gasteiger partial charge in [-0.3, -0.25) is 14.4 Å². The lowest BCUT2D eigenvalue weighted by molar-refractivity contribution is 0.295. The van der Waals surface area contributed by atoms with Gasteiger partial charge in [-0.2, -0.15) is 10.2 Å². The molecule has 1 N–H and O–H groups in total. The van der Waals surface area contributed by atoms with Gasteiger partial charge in [0.1, 0.15) is 0 Å². The lowest BCUT2D eigenvalue weighted by atomic mass is 10.1. The summed E-state index contributed by atoms with van der Waals surface area (Å²) < 4.78 is 3.64. The molecule has 2 heterocycles. The Morgan fingerprint density at radius 2 is 1.83 bits per heavy atom. The monoisotopic (exact) mass is 332 g/mol. The van der Waals surface area contributed by atoms with Gasteiger partial charge < -0.3 is 15.1 Å². The molecule has 24 heavy (non-hydrogen) atoms. The fraction of sp³-hybridized carbons (Fsp3) is 0.562. The third-order valence-corrected chi connectivity index (χ3v) is 3.94. The first-order valence-corrected chi connectivity index (χ1v) is 7.95. The van der Waals surface area contributed by atoms with Crippen molar-refractivity contribution >= 4 is 5.96 Å². The predicted octanol–water partition coefficient (Wildman–Crippen LogP) is 0.464. The van der Waals surface area contributed by atoms with E-state index in [2.05, 4.69) is 50.6 Å². The number of guanidine groups is 1. The van der Waals surface area contributed by atoms with E-state index in [1.54, 1.807) is 7.05 Å².